The molecule has 0 aliphatic heterocycles. The molecule has 0 aliphatic rings. The van der Waals surface area contributed by atoms with Crippen molar-refractivity contribution in [3.05, 3.63) is 96.0 Å². The van der Waals surface area contributed by atoms with Crippen LogP contribution in [0.15, 0.2) is 67.3 Å². The highest BCUT2D eigenvalue weighted by Crippen LogP contribution is 2.34. The van der Waals surface area contributed by atoms with E-state index in [4.69, 9.17) is 0 Å². The van der Waals surface area contributed by atoms with E-state index in [1.807, 2.05) is 13.8 Å². The average molecular weight is 496 g/mol. The summed E-state index contributed by atoms with van der Waals surface area (Å²) in [6, 6.07) is 13.5. The maximum absolute atomic E-state index is 14.3. The fourth-order valence-electron chi connectivity index (χ4n) is 3.88. The molecule has 0 bridgehead atoms. The lowest BCUT2D eigenvalue weighted by molar-refractivity contribution is -0.140. The fraction of sp³-hybridized carbons (Fsp3) is 0.160. The van der Waals surface area contributed by atoms with Crippen LogP contribution in [0.25, 0.3) is 28.2 Å². The second-order valence-electron chi connectivity index (χ2n) is 8.55. The Morgan fingerprint density at radius 1 is 0.806 bits per heavy atom. The summed E-state index contributed by atoms with van der Waals surface area (Å²) in [5.74, 6) is -1.12. The first-order valence-corrected chi connectivity index (χ1v) is 10.7. The Bertz CT molecular complexity index is 1590. The maximum Gasteiger partial charge on any atom is 0.435 e. The SMILES string of the molecule is CC(C)(c1cccc(-c2ccc(F)cc2F)n1)c1cccc(-n2cnc3c(C(F)(F)F)ncnc32)n1. The van der Waals surface area contributed by atoms with Gasteiger partial charge in [-0.25, -0.2) is 28.7 Å². The normalized spacial score (nSPS) is 12.3. The maximum atomic E-state index is 14.3. The van der Waals surface area contributed by atoms with Crippen LogP contribution in [0.3, 0.4) is 0 Å². The Labute approximate surface area is 201 Å². The molecule has 0 N–H and O–H groups in total. The first kappa shape index (κ1) is 23.5. The summed E-state index contributed by atoms with van der Waals surface area (Å²) in [6.45, 7) is 3.73. The number of pyridine rings is 2. The van der Waals surface area contributed by atoms with E-state index in [1.165, 1.54) is 17.0 Å². The zero-order valence-corrected chi connectivity index (χ0v) is 18.9. The number of imidazole rings is 1. The van der Waals surface area contributed by atoms with Crippen molar-refractivity contribution in [1.29, 1.82) is 0 Å². The minimum atomic E-state index is -4.68. The van der Waals surface area contributed by atoms with Crippen molar-refractivity contribution in [3.8, 4) is 17.1 Å². The molecule has 0 atom stereocenters. The molecule has 0 saturated heterocycles. The molecular formula is C25H17F5N6. The summed E-state index contributed by atoms with van der Waals surface area (Å²) in [5.41, 5.74) is -0.741. The number of aromatic nitrogens is 6. The van der Waals surface area contributed by atoms with Crippen molar-refractivity contribution in [2.45, 2.75) is 25.4 Å². The number of hydrogen-bond acceptors (Lipinski definition) is 5. The van der Waals surface area contributed by atoms with Crippen LogP contribution in [-0.2, 0) is 11.6 Å². The first-order chi connectivity index (χ1) is 17.1. The Morgan fingerprint density at radius 3 is 2.25 bits per heavy atom. The van der Waals surface area contributed by atoms with Crippen LogP contribution < -0.4 is 0 Å². The van der Waals surface area contributed by atoms with E-state index in [2.05, 4.69) is 24.9 Å². The second kappa shape index (κ2) is 8.43. The van der Waals surface area contributed by atoms with Crippen LogP contribution >= 0.6 is 0 Å². The van der Waals surface area contributed by atoms with Crippen molar-refractivity contribution in [2.75, 3.05) is 0 Å². The van der Waals surface area contributed by atoms with Crippen LogP contribution in [-0.4, -0.2) is 29.5 Å². The lowest BCUT2D eigenvalue weighted by Crippen LogP contribution is -2.23. The van der Waals surface area contributed by atoms with E-state index in [0.29, 0.717) is 22.9 Å². The van der Waals surface area contributed by atoms with Gasteiger partial charge < -0.3 is 0 Å². The van der Waals surface area contributed by atoms with Gasteiger partial charge in [-0.2, -0.15) is 13.2 Å². The molecule has 0 spiro atoms. The zero-order valence-electron chi connectivity index (χ0n) is 18.9. The Balaban J connectivity index is 1.56. The highest BCUT2D eigenvalue weighted by Gasteiger charge is 2.36. The first-order valence-electron chi connectivity index (χ1n) is 10.7. The molecule has 0 fully saturated rings. The highest BCUT2D eigenvalue weighted by atomic mass is 19.4. The summed E-state index contributed by atoms with van der Waals surface area (Å²) in [7, 11) is 0. The predicted octanol–water partition coefficient (Wildman–Crippen LogP) is 5.90. The quantitative estimate of drug-likeness (QED) is 0.290. The topological polar surface area (TPSA) is 69.4 Å². The van der Waals surface area contributed by atoms with Crippen LogP contribution in [0.4, 0.5) is 22.0 Å². The van der Waals surface area contributed by atoms with Gasteiger partial charge in [0.1, 0.15) is 35.6 Å². The number of rotatable bonds is 4. The lowest BCUT2D eigenvalue weighted by atomic mass is 9.84. The van der Waals surface area contributed by atoms with Crippen LogP contribution in [0.1, 0.15) is 30.9 Å². The van der Waals surface area contributed by atoms with E-state index in [9.17, 15) is 22.0 Å². The molecule has 11 heteroatoms. The molecule has 1 aromatic carbocycles. The molecular weight excluding hydrogens is 479 g/mol. The smallest absolute Gasteiger partial charge is 0.267 e. The Kier molecular flexibility index (Phi) is 5.50. The van der Waals surface area contributed by atoms with Crippen LogP contribution in [0.2, 0.25) is 0 Å². The molecule has 6 nitrogen and oxygen atoms in total. The predicted molar refractivity (Wildman–Crippen MR) is 121 cm³/mol. The summed E-state index contributed by atoms with van der Waals surface area (Å²) >= 11 is 0. The monoisotopic (exact) mass is 496 g/mol. The molecule has 0 saturated carbocycles. The standard InChI is InChI=1S/C25H17F5N6/c1-24(2,18-6-3-5-17(34-18)15-10-9-14(26)11-16(15)27)19-7-4-8-20(35-19)36-13-33-21-22(25(28,29)30)31-12-32-23(21)36/h3-13H,1-2H3. The van der Waals surface area contributed by atoms with Gasteiger partial charge in [-0.1, -0.05) is 12.1 Å². The van der Waals surface area contributed by atoms with E-state index in [0.717, 1.165) is 18.5 Å². The molecule has 182 valence electrons. The molecule has 5 aromatic rings. The van der Waals surface area contributed by atoms with Crippen LogP contribution in [0.5, 0.6) is 0 Å². The summed E-state index contributed by atoms with van der Waals surface area (Å²) in [5, 5.41) is 0. The van der Waals surface area contributed by atoms with Crippen LogP contribution in [0, 0.1) is 11.6 Å². The molecule has 36 heavy (non-hydrogen) atoms. The van der Waals surface area contributed by atoms with Crippen molar-refractivity contribution < 1.29 is 22.0 Å². The Morgan fingerprint density at radius 2 is 1.53 bits per heavy atom. The third kappa shape index (κ3) is 4.06. The second-order valence-corrected chi connectivity index (χ2v) is 8.55. The fourth-order valence-corrected chi connectivity index (χ4v) is 3.88. The van der Waals surface area contributed by atoms with Gasteiger partial charge >= 0.3 is 6.18 Å². The average Bonchev–Trinajstić information content (AvgIpc) is 3.28. The number of nitrogens with zero attached hydrogens (tertiary/aromatic N) is 6. The molecule has 0 radical (unpaired) electrons. The number of halogens is 5. The minimum Gasteiger partial charge on any atom is -0.267 e. The summed E-state index contributed by atoms with van der Waals surface area (Å²) in [6.07, 6.45) is -2.64. The van der Waals surface area contributed by atoms with Gasteiger partial charge in [0.25, 0.3) is 0 Å². The van der Waals surface area contributed by atoms with E-state index in [1.54, 1.807) is 36.4 Å². The number of fused-ring (bicyclic) bond motifs is 1. The van der Waals surface area contributed by atoms with Crippen molar-refractivity contribution in [1.82, 2.24) is 29.5 Å². The third-order valence-corrected chi connectivity index (χ3v) is 5.82. The van der Waals surface area contributed by atoms with E-state index < -0.39 is 28.9 Å². The van der Waals surface area contributed by atoms with Crippen molar-refractivity contribution >= 4 is 11.2 Å². The molecule has 0 unspecified atom stereocenters. The molecule has 0 aliphatic carbocycles. The van der Waals surface area contributed by atoms with Gasteiger partial charge in [0.15, 0.2) is 11.3 Å². The summed E-state index contributed by atoms with van der Waals surface area (Å²) in [4.78, 5) is 20.4. The van der Waals surface area contributed by atoms with Crippen molar-refractivity contribution in [3.63, 3.8) is 0 Å². The molecule has 0 amide bonds. The molecule has 4 heterocycles. The Hall–Kier alpha value is -4.28. The molecule has 5 rings (SSSR count). The minimum absolute atomic E-state index is 0.0355. The molecule has 4 aromatic heterocycles. The van der Waals surface area contributed by atoms with Gasteiger partial charge in [-0.15, -0.1) is 0 Å². The van der Waals surface area contributed by atoms with Gasteiger partial charge in [0, 0.05) is 17.0 Å². The number of alkyl halides is 3. The van der Waals surface area contributed by atoms with Gasteiger partial charge in [-0.3, -0.25) is 9.55 Å². The van der Waals surface area contributed by atoms with E-state index >= 15 is 0 Å². The third-order valence-electron chi connectivity index (χ3n) is 5.82. The van der Waals surface area contributed by atoms with Gasteiger partial charge in [-0.05, 0) is 50.2 Å². The van der Waals surface area contributed by atoms with Gasteiger partial charge in [0.2, 0.25) is 0 Å². The van der Waals surface area contributed by atoms with Crippen molar-refractivity contribution in [2.24, 2.45) is 0 Å². The zero-order chi connectivity index (χ0) is 25.7. The number of hydrogen-bond donors (Lipinski definition) is 0. The van der Waals surface area contributed by atoms with E-state index in [-0.39, 0.29) is 16.7 Å². The lowest BCUT2D eigenvalue weighted by Gasteiger charge is -2.24. The highest BCUT2D eigenvalue weighted by molar-refractivity contribution is 5.75. The van der Waals surface area contributed by atoms with Gasteiger partial charge in [0.05, 0.1) is 17.1 Å². The largest absolute Gasteiger partial charge is 0.435 e. The summed E-state index contributed by atoms with van der Waals surface area (Å²) < 4.78 is 69.0. The number of benzene rings is 1.